The van der Waals surface area contributed by atoms with Gasteiger partial charge in [0.25, 0.3) is 5.56 Å². The van der Waals surface area contributed by atoms with E-state index < -0.39 is 0 Å². The van der Waals surface area contributed by atoms with E-state index in [4.69, 9.17) is 0 Å². The molecule has 0 saturated carbocycles. The van der Waals surface area contributed by atoms with Gasteiger partial charge in [-0.15, -0.1) is 0 Å². The number of nitrogens with one attached hydrogen (secondary N) is 1. The summed E-state index contributed by atoms with van der Waals surface area (Å²) >= 11 is 0. The molecule has 0 spiro atoms. The van der Waals surface area contributed by atoms with Crippen molar-refractivity contribution < 1.29 is 4.79 Å². The third-order valence-electron chi connectivity index (χ3n) is 3.70. The van der Waals surface area contributed by atoms with Gasteiger partial charge >= 0.3 is 0 Å². The third kappa shape index (κ3) is 3.43. The van der Waals surface area contributed by atoms with Crippen LogP contribution >= 0.6 is 0 Å². The van der Waals surface area contributed by atoms with Gasteiger partial charge in [0.1, 0.15) is 0 Å². The number of carbonyl (C=O) groups excluding carboxylic acids is 1. The van der Waals surface area contributed by atoms with Crippen molar-refractivity contribution in [2.45, 2.75) is 13.3 Å². The largest absolute Gasteiger partial charge is 0.289 e. The second kappa shape index (κ2) is 6.40. The van der Waals surface area contributed by atoms with Gasteiger partial charge in [-0.3, -0.25) is 9.59 Å². The molecule has 3 rings (SSSR count). The van der Waals surface area contributed by atoms with Crippen LogP contribution in [0.3, 0.4) is 0 Å². The summed E-state index contributed by atoms with van der Waals surface area (Å²) in [6.45, 7) is 1.93. The van der Waals surface area contributed by atoms with Gasteiger partial charge in [-0.05, 0) is 30.2 Å². The Morgan fingerprint density at radius 2 is 1.83 bits per heavy atom. The van der Waals surface area contributed by atoms with Gasteiger partial charge < -0.3 is 0 Å². The fourth-order valence-electron chi connectivity index (χ4n) is 2.45. The molecule has 0 aliphatic rings. The maximum Gasteiger partial charge on any atom is 0.264 e. The van der Waals surface area contributed by atoms with Gasteiger partial charge in [-0.2, -0.15) is 5.10 Å². The molecule has 0 atom stereocenters. The lowest BCUT2D eigenvalue weighted by molar-refractivity contribution is 0.103. The van der Waals surface area contributed by atoms with Crippen LogP contribution in [-0.2, 0) is 6.42 Å². The minimum Gasteiger partial charge on any atom is -0.289 e. The average Bonchev–Trinajstić information content (AvgIpc) is 2.59. The molecule has 0 unspecified atom stereocenters. The van der Waals surface area contributed by atoms with Crippen molar-refractivity contribution >= 4 is 5.78 Å². The Morgan fingerprint density at radius 1 is 1.04 bits per heavy atom. The van der Waals surface area contributed by atoms with E-state index in [1.165, 1.54) is 6.07 Å². The van der Waals surface area contributed by atoms with E-state index >= 15 is 0 Å². The number of aryl methyl sites for hydroxylation is 1. The monoisotopic (exact) mass is 304 g/mol. The van der Waals surface area contributed by atoms with Crippen molar-refractivity contribution in [2.24, 2.45) is 0 Å². The zero-order valence-corrected chi connectivity index (χ0v) is 12.7. The first-order chi connectivity index (χ1) is 11.1. The average molecular weight is 304 g/mol. The lowest BCUT2D eigenvalue weighted by atomic mass is 9.95. The van der Waals surface area contributed by atoms with Crippen molar-refractivity contribution in [2.75, 3.05) is 0 Å². The summed E-state index contributed by atoms with van der Waals surface area (Å²) in [7, 11) is 0. The van der Waals surface area contributed by atoms with Crippen LogP contribution in [0, 0.1) is 6.92 Å². The summed E-state index contributed by atoms with van der Waals surface area (Å²) in [6.07, 6.45) is 0.562. The Morgan fingerprint density at radius 3 is 2.52 bits per heavy atom. The van der Waals surface area contributed by atoms with Crippen molar-refractivity contribution in [3.63, 3.8) is 0 Å². The zero-order valence-electron chi connectivity index (χ0n) is 12.7. The molecule has 2 aromatic carbocycles. The lowest BCUT2D eigenvalue weighted by Crippen LogP contribution is -2.08. The van der Waals surface area contributed by atoms with Gasteiger partial charge in [-0.1, -0.05) is 42.5 Å². The minimum atomic E-state index is -0.224. The van der Waals surface area contributed by atoms with Gasteiger partial charge in [0.15, 0.2) is 5.78 Å². The Balaban J connectivity index is 1.91. The molecule has 3 aromatic rings. The van der Waals surface area contributed by atoms with E-state index in [1.54, 1.807) is 6.07 Å². The number of hydrogen-bond acceptors (Lipinski definition) is 3. The zero-order chi connectivity index (χ0) is 16.2. The molecule has 1 N–H and O–H groups in total. The Hall–Kier alpha value is -3.01. The highest BCUT2D eigenvalue weighted by molar-refractivity contribution is 6.09. The number of nitrogens with zero attached hydrogens (tertiary/aromatic N) is 1. The van der Waals surface area contributed by atoms with Crippen LogP contribution in [0.2, 0.25) is 0 Å². The Labute approximate surface area is 133 Å². The van der Waals surface area contributed by atoms with E-state index in [-0.39, 0.29) is 11.3 Å². The summed E-state index contributed by atoms with van der Waals surface area (Å²) in [4.78, 5) is 23.7. The highest BCUT2D eigenvalue weighted by Gasteiger charge is 2.12. The summed E-state index contributed by atoms with van der Waals surface area (Å²) in [5.41, 5.74) is 3.82. The maximum atomic E-state index is 12.7. The molecule has 23 heavy (non-hydrogen) atoms. The number of rotatable bonds is 4. The fourth-order valence-corrected chi connectivity index (χ4v) is 2.45. The van der Waals surface area contributed by atoms with E-state index in [0.717, 1.165) is 16.8 Å². The van der Waals surface area contributed by atoms with Crippen LogP contribution in [-0.4, -0.2) is 16.0 Å². The molecule has 0 aliphatic carbocycles. The molecule has 0 saturated heterocycles. The molecule has 4 heteroatoms. The summed E-state index contributed by atoms with van der Waals surface area (Å²) in [5.74, 6) is 0.0133. The van der Waals surface area contributed by atoms with Crippen molar-refractivity contribution in [3.8, 4) is 0 Å². The Kier molecular flexibility index (Phi) is 4.15. The van der Waals surface area contributed by atoms with Crippen LogP contribution in [0.25, 0.3) is 0 Å². The standard InChI is InChI=1S/C19H16N2O2/c1-13-7-8-14(11-16-9-10-18(22)21-20-16)12-17(13)19(23)15-5-3-2-4-6-15/h2-10,12H,11H2,1H3,(H,21,22). The number of ketones is 1. The third-order valence-corrected chi connectivity index (χ3v) is 3.70. The second-order valence-corrected chi connectivity index (χ2v) is 5.43. The quantitative estimate of drug-likeness (QED) is 0.754. The number of hydrogen-bond donors (Lipinski definition) is 1. The van der Waals surface area contributed by atoms with Crippen LogP contribution in [0.5, 0.6) is 0 Å². The molecular weight excluding hydrogens is 288 g/mol. The molecule has 0 bridgehead atoms. The molecule has 0 amide bonds. The van der Waals surface area contributed by atoms with Crippen molar-refractivity contribution in [1.82, 2.24) is 10.2 Å². The van der Waals surface area contributed by atoms with Crippen LogP contribution < -0.4 is 5.56 Å². The lowest BCUT2D eigenvalue weighted by Gasteiger charge is -2.08. The predicted molar refractivity (Wildman–Crippen MR) is 88.7 cm³/mol. The number of benzene rings is 2. The first kappa shape index (κ1) is 14.9. The molecule has 0 fully saturated rings. The minimum absolute atomic E-state index is 0.0133. The first-order valence-electron chi connectivity index (χ1n) is 7.37. The highest BCUT2D eigenvalue weighted by atomic mass is 16.1. The number of aromatic amines is 1. The maximum absolute atomic E-state index is 12.7. The van der Waals surface area contributed by atoms with Gasteiger partial charge in [0, 0.05) is 23.6 Å². The van der Waals surface area contributed by atoms with Gasteiger partial charge in [0.05, 0.1) is 5.69 Å². The molecule has 1 aromatic heterocycles. The SMILES string of the molecule is Cc1ccc(Cc2ccc(=O)[nH]n2)cc1C(=O)c1ccccc1. The van der Waals surface area contributed by atoms with E-state index in [1.807, 2.05) is 55.5 Å². The van der Waals surface area contributed by atoms with Crippen LogP contribution in [0.15, 0.2) is 65.5 Å². The summed E-state index contributed by atoms with van der Waals surface area (Å²) in [6, 6.07) is 18.2. The molecular formula is C19H16N2O2. The number of H-pyrrole nitrogens is 1. The molecule has 4 nitrogen and oxygen atoms in total. The highest BCUT2D eigenvalue weighted by Crippen LogP contribution is 2.17. The number of carbonyl (C=O) groups is 1. The molecule has 0 radical (unpaired) electrons. The molecule has 114 valence electrons. The topological polar surface area (TPSA) is 62.8 Å². The van der Waals surface area contributed by atoms with Crippen molar-refractivity contribution in [1.29, 1.82) is 0 Å². The van der Waals surface area contributed by atoms with Gasteiger partial charge in [0.2, 0.25) is 0 Å². The summed E-state index contributed by atoms with van der Waals surface area (Å²) < 4.78 is 0. The smallest absolute Gasteiger partial charge is 0.264 e. The first-order valence-corrected chi connectivity index (χ1v) is 7.37. The van der Waals surface area contributed by atoms with E-state index in [0.29, 0.717) is 17.5 Å². The van der Waals surface area contributed by atoms with Crippen LogP contribution in [0.4, 0.5) is 0 Å². The Bertz CT molecular complexity index is 878. The van der Waals surface area contributed by atoms with E-state index in [2.05, 4.69) is 10.2 Å². The van der Waals surface area contributed by atoms with Gasteiger partial charge in [-0.25, -0.2) is 5.10 Å². The normalized spacial score (nSPS) is 10.5. The predicted octanol–water partition coefficient (Wildman–Crippen LogP) is 2.90. The fraction of sp³-hybridized carbons (Fsp3) is 0.105. The molecule has 0 aliphatic heterocycles. The second-order valence-electron chi connectivity index (χ2n) is 5.43. The van der Waals surface area contributed by atoms with Crippen molar-refractivity contribution in [3.05, 3.63) is 99.0 Å². The number of aromatic nitrogens is 2. The van der Waals surface area contributed by atoms with E-state index in [9.17, 15) is 9.59 Å². The summed E-state index contributed by atoms with van der Waals surface area (Å²) in [5, 5.41) is 6.43. The van der Waals surface area contributed by atoms with Crippen LogP contribution in [0.1, 0.15) is 32.7 Å². The molecule has 1 heterocycles.